The summed E-state index contributed by atoms with van der Waals surface area (Å²) >= 11 is 0. The third-order valence-electron chi connectivity index (χ3n) is 3.24. The molecule has 0 bridgehead atoms. The molecule has 0 saturated heterocycles. The van der Waals surface area contributed by atoms with Crippen molar-refractivity contribution in [3.8, 4) is 0 Å². The van der Waals surface area contributed by atoms with Crippen LogP contribution in [0.1, 0.15) is 36.0 Å². The van der Waals surface area contributed by atoms with E-state index in [0.717, 1.165) is 0 Å². The number of benzene rings is 1. The molecule has 0 unspecified atom stereocenters. The van der Waals surface area contributed by atoms with Crippen molar-refractivity contribution in [1.29, 1.82) is 0 Å². The van der Waals surface area contributed by atoms with E-state index in [4.69, 9.17) is 0 Å². The highest BCUT2D eigenvalue weighted by Gasteiger charge is 2.46. The summed E-state index contributed by atoms with van der Waals surface area (Å²) in [5.41, 5.74) is -1.71. The molecule has 0 radical (unpaired) electrons. The molecule has 1 aromatic rings. The predicted octanol–water partition coefficient (Wildman–Crippen LogP) is 1.31. The summed E-state index contributed by atoms with van der Waals surface area (Å²) in [6.07, 6.45) is 0.322. The first-order chi connectivity index (χ1) is 8.54. The lowest BCUT2D eigenvalue weighted by Crippen LogP contribution is -2.50. The maximum atomic E-state index is 11.9. The van der Waals surface area contributed by atoms with Gasteiger partial charge in [-0.2, -0.15) is 0 Å². The Morgan fingerprint density at radius 3 is 2.22 bits per heavy atom. The largest absolute Gasteiger partial charge is 0.374 e. The summed E-state index contributed by atoms with van der Waals surface area (Å²) in [5.74, 6) is -1.47. The zero-order valence-corrected chi connectivity index (χ0v) is 9.89. The molecule has 18 heavy (non-hydrogen) atoms. The van der Waals surface area contributed by atoms with Crippen molar-refractivity contribution in [2.75, 3.05) is 0 Å². The number of ketones is 3. The van der Waals surface area contributed by atoms with Crippen LogP contribution in [0, 0.1) is 0 Å². The van der Waals surface area contributed by atoms with E-state index in [9.17, 15) is 19.5 Å². The predicted molar refractivity (Wildman–Crippen MR) is 64.2 cm³/mol. The Morgan fingerprint density at radius 1 is 1.11 bits per heavy atom. The highest BCUT2D eigenvalue weighted by atomic mass is 16.3. The second-order valence-corrected chi connectivity index (χ2v) is 4.53. The second kappa shape index (κ2) is 4.82. The van der Waals surface area contributed by atoms with E-state index in [-0.39, 0.29) is 18.6 Å². The van der Waals surface area contributed by atoms with Gasteiger partial charge in [0.15, 0.2) is 23.0 Å². The average Bonchev–Trinajstić information content (AvgIpc) is 2.37. The molecule has 4 nitrogen and oxygen atoms in total. The van der Waals surface area contributed by atoms with Crippen LogP contribution < -0.4 is 0 Å². The number of aliphatic hydroxyl groups is 1. The third-order valence-corrected chi connectivity index (χ3v) is 3.24. The van der Waals surface area contributed by atoms with Crippen molar-refractivity contribution in [1.82, 2.24) is 0 Å². The van der Waals surface area contributed by atoms with Crippen LogP contribution in [-0.4, -0.2) is 28.1 Å². The van der Waals surface area contributed by atoms with Crippen molar-refractivity contribution >= 4 is 17.3 Å². The average molecular weight is 246 g/mol. The number of rotatable bonds is 3. The Labute approximate surface area is 105 Å². The molecule has 1 aromatic carbocycles. The molecule has 4 heteroatoms. The highest BCUT2D eigenvalue weighted by Crippen LogP contribution is 2.26. The zero-order chi connectivity index (χ0) is 13.2. The van der Waals surface area contributed by atoms with Crippen molar-refractivity contribution in [2.24, 2.45) is 0 Å². The highest BCUT2D eigenvalue weighted by molar-refractivity contribution is 6.15. The molecule has 94 valence electrons. The molecule has 1 aliphatic rings. The van der Waals surface area contributed by atoms with Gasteiger partial charge in [0, 0.05) is 18.4 Å². The Morgan fingerprint density at radius 2 is 1.67 bits per heavy atom. The zero-order valence-electron chi connectivity index (χ0n) is 9.89. The van der Waals surface area contributed by atoms with Crippen molar-refractivity contribution in [3.63, 3.8) is 0 Å². The van der Waals surface area contributed by atoms with E-state index in [2.05, 4.69) is 0 Å². The number of carbonyl (C=O) groups is 3. The summed E-state index contributed by atoms with van der Waals surface area (Å²) in [6.45, 7) is 0. The minimum atomic E-state index is -2.11. The Bertz CT molecular complexity index is 474. The Hall–Kier alpha value is -1.81. The standard InChI is InChI=1S/C14H14O4/c15-11(10-5-2-1-3-6-10)9-14(18)12(16)7-4-8-13(14)17/h1-3,5-6,18H,4,7-9H2. The van der Waals surface area contributed by atoms with Crippen LogP contribution in [0.3, 0.4) is 0 Å². The first-order valence-electron chi connectivity index (χ1n) is 5.91. The van der Waals surface area contributed by atoms with E-state index in [1.807, 2.05) is 0 Å². The van der Waals surface area contributed by atoms with Gasteiger partial charge in [-0.15, -0.1) is 0 Å². The molecular formula is C14H14O4. The molecule has 1 fully saturated rings. The summed E-state index contributed by atoms with van der Waals surface area (Å²) in [5, 5.41) is 10.1. The fraction of sp³-hybridized carbons (Fsp3) is 0.357. The van der Waals surface area contributed by atoms with Gasteiger partial charge in [-0.1, -0.05) is 30.3 Å². The van der Waals surface area contributed by atoms with Gasteiger partial charge in [-0.05, 0) is 6.42 Å². The number of carbonyl (C=O) groups excluding carboxylic acids is 3. The maximum absolute atomic E-state index is 11.9. The molecule has 0 heterocycles. The van der Waals surface area contributed by atoms with E-state index >= 15 is 0 Å². The van der Waals surface area contributed by atoms with Gasteiger partial charge >= 0.3 is 0 Å². The first-order valence-corrected chi connectivity index (χ1v) is 5.91. The maximum Gasteiger partial charge on any atom is 0.188 e. The van der Waals surface area contributed by atoms with Crippen LogP contribution in [0.2, 0.25) is 0 Å². The summed E-state index contributed by atoms with van der Waals surface area (Å²) < 4.78 is 0. The van der Waals surface area contributed by atoms with Crippen LogP contribution in [-0.2, 0) is 9.59 Å². The molecule has 1 N–H and O–H groups in total. The fourth-order valence-corrected chi connectivity index (χ4v) is 2.13. The number of Topliss-reactive ketones (excluding diaryl/α,β-unsaturated/α-hetero) is 3. The van der Waals surface area contributed by atoms with Crippen molar-refractivity contribution in [2.45, 2.75) is 31.3 Å². The van der Waals surface area contributed by atoms with Crippen LogP contribution >= 0.6 is 0 Å². The van der Waals surface area contributed by atoms with Gasteiger partial charge in [-0.3, -0.25) is 14.4 Å². The van der Waals surface area contributed by atoms with Gasteiger partial charge in [0.05, 0.1) is 6.42 Å². The fourth-order valence-electron chi connectivity index (χ4n) is 2.13. The molecule has 0 aromatic heterocycles. The molecule has 1 aliphatic carbocycles. The molecular weight excluding hydrogens is 232 g/mol. The van der Waals surface area contributed by atoms with Crippen LogP contribution in [0.25, 0.3) is 0 Å². The molecule has 2 rings (SSSR count). The Kier molecular flexibility index (Phi) is 3.39. The minimum absolute atomic E-state index is 0.157. The van der Waals surface area contributed by atoms with Crippen molar-refractivity contribution in [3.05, 3.63) is 35.9 Å². The molecule has 0 aliphatic heterocycles. The lowest BCUT2D eigenvalue weighted by molar-refractivity contribution is -0.153. The SMILES string of the molecule is O=C(CC1(O)C(=O)CCCC1=O)c1ccccc1. The summed E-state index contributed by atoms with van der Waals surface area (Å²) in [4.78, 5) is 35.3. The van der Waals surface area contributed by atoms with E-state index in [1.54, 1.807) is 30.3 Å². The smallest absolute Gasteiger partial charge is 0.188 e. The van der Waals surface area contributed by atoms with E-state index in [0.29, 0.717) is 12.0 Å². The number of hydrogen-bond donors (Lipinski definition) is 1. The van der Waals surface area contributed by atoms with Crippen molar-refractivity contribution < 1.29 is 19.5 Å². The van der Waals surface area contributed by atoms with Gasteiger partial charge < -0.3 is 5.11 Å². The van der Waals surface area contributed by atoms with Gasteiger partial charge in [-0.25, -0.2) is 0 Å². The topological polar surface area (TPSA) is 71.4 Å². The normalized spacial score (nSPS) is 18.7. The lowest BCUT2D eigenvalue weighted by Gasteiger charge is -2.28. The van der Waals surface area contributed by atoms with Gasteiger partial charge in [0.25, 0.3) is 0 Å². The first kappa shape index (κ1) is 12.6. The van der Waals surface area contributed by atoms with E-state index < -0.39 is 23.6 Å². The van der Waals surface area contributed by atoms with Crippen LogP contribution in [0.15, 0.2) is 30.3 Å². The minimum Gasteiger partial charge on any atom is -0.374 e. The third kappa shape index (κ3) is 2.24. The molecule has 1 saturated carbocycles. The summed E-state index contributed by atoms with van der Waals surface area (Å²) in [7, 11) is 0. The lowest BCUT2D eigenvalue weighted by atomic mass is 9.78. The Balaban J connectivity index is 2.20. The molecule has 0 spiro atoms. The molecule has 0 atom stereocenters. The quantitative estimate of drug-likeness (QED) is 0.644. The monoisotopic (exact) mass is 246 g/mol. The number of hydrogen-bond acceptors (Lipinski definition) is 4. The van der Waals surface area contributed by atoms with E-state index in [1.165, 1.54) is 0 Å². The van der Waals surface area contributed by atoms with Gasteiger partial charge in [0.2, 0.25) is 0 Å². The summed E-state index contributed by atoms with van der Waals surface area (Å²) in [6, 6.07) is 8.36. The van der Waals surface area contributed by atoms with Crippen LogP contribution in [0.4, 0.5) is 0 Å². The van der Waals surface area contributed by atoms with Gasteiger partial charge in [0.1, 0.15) is 0 Å². The van der Waals surface area contributed by atoms with Crippen LogP contribution in [0.5, 0.6) is 0 Å². The molecule has 0 amide bonds. The second-order valence-electron chi connectivity index (χ2n) is 4.53.